The predicted molar refractivity (Wildman–Crippen MR) is 112 cm³/mol. The van der Waals surface area contributed by atoms with Crippen molar-refractivity contribution < 1.29 is 14.3 Å². The molecule has 0 saturated carbocycles. The minimum absolute atomic E-state index is 0.0106. The standard InChI is InChI=1S/C21H28N4O4/c1-5-13-25-20(27)12-11-18(23-25)21(28)29-14-19(26)22-16-7-9-17(10-8-16)24(6-2)15(3)4/h7-12,15H,5-6,13-14H2,1-4H3,(H,22,26). The first kappa shape index (κ1) is 22.1. The summed E-state index contributed by atoms with van der Waals surface area (Å²) in [7, 11) is 0. The number of amides is 1. The Morgan fingerprint density at radius 2 is 1.83 bits per heavy atom. The van der Waals surface area contributed by atoms with Gasteiger partial charge in [-0.1, -0.05) is 6.92 Å². The van der Waals surface area contributed by atoms with Crippen LogP contribution < -0.4 is 15.8 Å². The maximum Gasteiger partial charge on any atom is 0.359 e. The quantitative estimate of drug-likeness (QED) is 0.651. The van der Waals surface area contributed by atoms with Crippen LogP contribution in [-0.2, 0) is 16.1 Å². The van der Waals surface area contributed by atoms with Gasteiger partial charge in [-0.25, -0.2) is 9.48 Å². The van der Waals surface area contributed by atoms with Crippen LogP contribution in [0, 0.1) is 0 Å². The van der Waals surface area contributed by atoms with Crippen molar-refractivity contribution >= 4 is 23.3 Å². The molecule has 2 rings (SSSR count). The Balaban J connectivity index is 1.92. The predicted octanol–water partition coefficient (Wildman–Crippen LogP) is 2.68. The summed E-state index contributed by atoms with van der Waals surface area (Å²) in [4.78, 5) is 38.1. The van der Waals surface area contributed by atoms with Crippen molar-refractivity contribution in [2.24, 2.45) is 0 Å². The molecule has 0 bridgehead atoms. The zero-order valence-corrected chi connectivity index (χ0v) is 17.3. The highest BCUT2D eigenvalue weighted by molar-refractivity contribution is 5.94. The van der Waals surface area contributed by atoms with E-state index in [9.17, 15) is 14.4 Å². The molecule has 156 valence electrons. The highest BCUT2D eigenvalue weighted by Gasteiger charge is 2.14. The molecule has 1 aromatic carbocycles. The Labute approximate surface area is 170 Å². The Hall–Kier alpha value is -3.16. The molecule has 0 aliphatic carbocycles. The van der Waals surface area contributed by atoms with Crippen LogP contribution in [0.3, 0.4) is 0 Å². The van der Waals surface area contributed by atoms with E-state index in [-0.39, 0.29) is 11.3 Å². The molecular weight excluding hydrogens is 372 g/mol. The number of aromatic nitrogens is 2. The molecule has 0 atom stereocenters. The van der Waals surface area contributed by atoms with Crippen molar-refractivity contribution in [3.8, 4) is 0 Å². The van der Waals surface area contributed by atoms with Crippen LogP contribution in [0.15, 0.2) is 41.2 Å². The smallest absolute Gasteiger partial charge is 0.359 e. The van der Waals surface area contributed by atoms with Gasteiger partial charge in [0.15, 0.2) is 12.3 Å². The van der Waals surface area contributed by atoms with E-state index in [0.29, 0.717) is 24.7 Å². The van der Waals surface area contributed by atoms with E-state index in [0.717, 1.165) is 12.2 Å². The zero-order valence-electron chi connectivity index (χ0n) is 17.3. The molecule has 0 spiro atoms. The Bertz CT molecular complexity index is 890. The number of esters is 1. The number of anilines is 2. The molecule has 1 heterocycles. The fraction of sp³-hybridized carbons (Fsp3) is 0.429. The number of hydrogen-bond acceptors (Lipinski definition) is 6. The lowest BCUT2D eigenvalue weighted by atomic mass is 10.2. The van der Waals surface area contributed by atoms with E-state index < -0.39 is 18.5 Å². The summed E-state index contributed by atoms with van der Waals surface area (Å²) in [6.07, 6.45) is 0.708. The molecule has 29 heavy (non-hydrogen) atoms. The largest absolute Gasteiger partial charge is 0.451 e. The van der Waals surface area contributed by atoms with E-state index in [1.807, 2.05) is 31.2 Å². The normalized spacial score (nSPS) is 10.7. The lowest BCUT2D eigenvalue weighted by molar-refractivity contribution is -0.119. The second-order valence-corrected chi connectivity index (χ2v) is 6.83. The summed E-state index contributed by atoms with van der Waals surface area (Å²) in [5.41, 5.74) is 1.39. The Morgan fingerprint density at radius 1 is 1.14 bits per heavy atom. The lowest BCUT2D eigenvalue weighted by Gasteiger charge is -2.27. The van der Waals surface area contributed by atoms with E-state index in [1.165, 1.54) is 16.8 Å². The topological polar surface area (TPSA) is 93.5 Å². The Kier molecular flexibility index (Phi) is 7.94. The van der Waals surface area contributed by atoms with Crippen LogP contribution in [0.25, 0.3) is 0 Å². The molecule has 0 fully saturated rings. The fourth-order valence-corrected chi connectivity index (χ4v) is 2.91. The third-order valence-corrected chi connectivity index (χ3v) is 4.29. The van der Waals surface area contributed by atoms with Gasteiger partial charge < -0.3 is 15.0 Å². The number of carbonyl (C=O) groups is 2. The fourth-order valence-electron chi connectivity index (χ4n) is 2.91. The minimum atomic E-state index is -0.754. The van der Waals surface area contributed by atoms with Gasteiger partial charge in [-0.05, 0) is 57.5 Å². The van der Waals surface area contributed by atoms with Gasteiger partial charge in [-0.2, -0.15) is 5.10 Å². The van der Waals surface area contributed by atoms with Crippen molar-refractivity contribution in [2.45, 2.75) is 46.7 Å². The molecule has 1 aromatic heterocycles. The number of ether oxygens (including phenoxy) is 1. The molecule has 0 radical (unpaired) electrons. The van der Waals surface area contributed by atoms with Crippen LogP contribution in [-0.4, -0.2) is 40.9 Å². The molecule has 1 N–H and O–H groups in total. The zero-order chi connectivity index (χ0) is 21.4. The summed E-state index contributed by atoms with van der Waals surface area (Å²) >= 11 is 0. The van der Waals surface area contributed by atoms with Gasteiger partial charge in [0.05, 0.1) is 0 Å². The van der Waals surface area contributed by atoms with Crippen molar-refractivity contribution in [1.29, 1.82) is 0 Å². The van der Waals surface area contributed by atoms with E-state index in [1.54, 1.807) is 0 Å². The van der Waals surface area contributed by atoms with Crippen molar-refractivity contribution in [2.75, 3.05) is 23.4 Å². The summed E-state index contributed by atoms with van der Waals surface area (Å²) < 4.78 is 6.21. The van der Waals surface area contributed by atoms with Gasteiger partial charge in [0, 0.05) is 36.6 Å². The number of aryl methyl sites for hydroxylation is 1. The summed E-state index contributed by atoms with van der Waals surface area (Å²) in [6, 6.07) is 10.4. The maximum absolute atomic E-state index is 12.1. The van der Waals surface area contributed by atoms with Gasteiger partial charge >= 0.3 is 5.97 Å². The molecule has 1 amide bonds. The lowest BCUT2D eigenvalue weighted by Crippen LogP contribution is -2.30. The van der Waals surface area contributed by atoms with Gasteiger partial charge in [0.25, 0.3) is 11.5 Å². The number of carbonyl (C=O) groups excluding carboxylic acids is 2. The van der Waals surface area contributed by atoms with Gasteiger partial charge in [0.2, 0.25) is 0 Å². The van der Waals surface area contributed by atoms with E-state index in [2.05, 4.69) is 36.1 Å². The molecule has 0 saturated heterocycles. The second kappa shape index (κ2) is 10.4. The summed E-state index contributed by atoms with van der Waals surface area (Å²) in [5.74, 6) is -1.21. The first-order valence-corrected chi connectivity index (χ1v) is 9.77. The van der Waals surface area contributed by atoms with Gasteiger partial charge in [-0.3, -0.25) is 9.59 Å². The average molecular weight is 400 g/mol. The number of benzene rings is 1. The number of rotatable bonds is 9. The summed E-state index contributed by atoms with van der Waals surface area (Å²) in [6.45, 7) is 9.09. The summed E-state index contributed by atoms with van der Waals surface area (Å²) in [5, 5.41) is 6.66. The molecule has 8 heteroatoms. The SMILES string of the molecule is CCCn1nc(C(=O)OCC(=O)Nc2ccc(N(CC)C(C)C)cc2)ccc1=O. The van der Waals surface area contributed by atoms with Crippen LogP contribution in [0.4, 0.5) is 11.4 Å². The van der Waals surface area contributed by atoms with Crippen molar-refractivity contribution in [3.05, 3.63) is 52.4 Å². The maximum atomic E-state index is 12.1. The molecule has 8 nitrogen and oxygen atoms in total. The molecule has 0 aliphatic heterocycles. The number of hydrogen-bond donors (Lipinski definition) is 1. The highest BCUT2D eigenvalue weighted by atomic mass is 16.5. The highest BCUT2D eigenvalue weighted by Crippen LogP contribution is 2.19. The third kappa shape index (κ3) is 6.17. The van der Waals surface area contributed by atoms with Gasteiger partial charge in [-0.15, -0.1) is 0 Å². The first-order chi connectivity index (χ1) is 13.8. The van der Waals surface area contributed by atoms with Gasteiger partial charge in [0.1, 0.15) is 0 Å². The molecule has 0 aliphatic rings. The molecular formula is C21H28N4O4. The van der Waals surface area contributed by atoms with Crippen molar-refractivity contribution in [1.82, 2.24) is 9.78 Å². The minimum Gasteiger partial charge on any atom is -0.451 e. The van der Waals surface area contributed by atoms with E-state index >= 15 is 0 Å². The monoisotopic (exact) mass is 400 g/mol. The third-order valence-electron chi connectivity index (χ3n) is 4.29. The van der Waals surface area contributed by atoms with E-state index in [4.69, 9.17) is 4.74 Å². The van der Waals surface area contributed by atoms with Crippen molar-refractivity contribution in [3.63, 3.8) is 0 Å². The van der Waals surface area contributed by atoms with Crippen LogP contribution >= 0.6 is 0 Å². The molecule has 2 aromatic rings. The number of nitrogens with one attached hydrogen (secondary N) is 1. The second-order valence-electron chi connectivity index (χ2n) is 6.83. The Morgan fingerprint density at radius 3 is 2.41 bits per heavy atom. The average Bonchev–Trinajstić information content (AvgIpc) is 2.69. The van der Waals surface area contributed by atoms with Crippen LogP contribution in [0.2, 0.25) is 0 Å². The molecule has 0 unspecified atom stereocenters. The van der Waals surface area contributed by atoms with Crippen LogP contribution in [0.1, 0.15) is 44.6 Å². The first-order valence-electron chi connectivity index (χ1n) is 9.77. The van der Waals surface area contributed by atoms with Crippen LogP contribution in [0.5, 0.6) is 0 Å². The number of nitrogens with zero attached hydrogens (tertiary/aromatic N) is 3.